The van der Waals surface area contributed by atoms with Gasteiger partial charge in [-0.3, -0.25) is 9.59 Å². The molecule has 3 N–H and O–H groups in total. The van der Waals surface area contributed by atoms with Crippen LogP contribution in [0, 0.1) is 0 Å². The maximum absolute atomic E-state index is 11.1. The quantitative estimate of drug-likeness (QED) is 0.341. The van der Waals surface area contributed by atoms with Gasteiger partial charge in [-0.05, 0) is 6.42 Å². The predicted octanol–water partition coefficient (Wildman–Crippen LogP) is -2.84. The van der Waals surface area contributed by atoms with Gasteiger partial charge in [0.25, 0.3) is 9.76 Å². The molecule has 0 aromatic carbocycles. The fourth-order valence-electron chi connectivity index (χ4n) is 1.05. The lowest BCUT2D eigenvalue weighted by atomic mass is 10.2. The maximum atomic E-state index is 11.1. The van der Waals surface area contributed by atoms with Crippen molar-refractivity contribution in [3.8, 4) is 0 Å². The molecule has 74 valence electrons. The van der Waals surface area contributed by atoms with Crippen molar-refractivity contribution < 1.29 is 24.2 Å². The molecular formula is C6H11NO5Si. The highest BCUT2D eigenvalue weighted by Crippen LogP contribution is 2.07. The van der Waals surface area contributed by atoms with E-state index in [2.05, 4.69) is 9.74 Å². The molecule has 13 heavy (non-hydrogen) atoms. The van der Waals surface area contributed by atoms with Crippen molar-refractivity contribution in [2.75, 3.05) is 0 Å². The summed E-state index contributed by atoms with van der Waals surface area (Å²) in [7, 11) is -1.64. The van der Waals surface area contributed by atoms with E-state index in [0.717, 1.165) is 0 Å². The number of hydrogen-bond donors (Lipinski definition) is 3. The highest BCUT2D eigenvalue weighted by molar-refractivity contribution is 6.31. The molecule has 1 heterocycles. The molecule has 7 heteroatoms. The first-order valence-corrected chi connectivity index (χ1v) is 5.31. The molecule has 0 radical (unpaired) electrons. The SMILES string of the molecule is O=C1CC[C@@H](C(=O)O[SiH2]C(O)O)N1. The van der Waals surface area contributed by atoms with E-state index in [1.54, 1.807) is 0 Å². The zero-order chi connectivity index (χ0) is 9.84. The van der Waals surface area contributed by atoms with Crippen LogP contribution in [-0.4, -0.2) is 43.8 Å². The Morgan fingerprint density at radius 2 is 2.38 bits per heavy atom. The van der Waals surface area contributed by atoms with Crippen LogP contribution in [0.5, 0.6) is 0 Å². The fourth-order valence-corrected chi connectivity index (χ4v) is 1.56. The van der Waals surface area contributed by atoms with Crippen LogP contribution >= 0.6 is 0 Å². The summed E-state index contributed by atoms with van der Waals surface area (Å²) >= 11 is 0. The number of rotatable bonds is 3. The Morgan fingerprint density at radius 1 is 1.69 bits per heavy atom. The summed E-state index contributed by atoms with van der Waals surface area (Å²) in [6.45, 7) is 0. The van der Waals surface area contributed by atoms with Crippen LogP contribution in [0.4, 0.5) is 0 Å². The molecule has 0 bridgehead atoms. The predicted molar refractivity (Wildman–Crippen MR) is 44.0 cm³/mol. The van der Waals surface area contributed by atoms with Crippen LogP contribution in [0.1, 0.15) is 12.8 Å². The third kappa shape index (κ3) is 3.13. The number of carbonyl (C=O) groups is 2. The van der Waals surface area contributed by atoms with E-state index >= 15 is 0 Å². The van der Waals surface area contributed by atoms with Crippen LogP contribution in [-0.2, 0) is 14.0 Å². The summed E-state index contributed by atoms with van der Waals surface area (Å²) in [5.41, 5.74) is 0. The van der Waals surface area contributed by atoms with E-state index in [1.807, 2.05) is 0 Å². The standard InChI is InChI=1S/C6H11NO5Si/c8-4-2-1-3(7-4)5(9)12-13-6(10)11/h3,6,10-11H,1-2,13H2,(H,7,8)/t3-/m0/s1. The topological polar surface area (TPSA) is 95.9 Å². The van der Waals surface area contributed by atoms with E-state index in [4.69, 9.17) is 10.2 Å². The van der Waals surface area contributed by atoms with E-state index in [-0.39, 0.29) is 5.91 Å². The Hall–Kier alpha value is -0.923. The van der Waals surface area contributed by atoms with Gasteiger partial charge < -0.3 is 20.0 Å². The number of aliphatic hydroxyl groups is 2. The lowest BCUT2D eigenvalue weighted by Crippen LogP contribution is -2.36. The van der Waals surface area contributed by atoms with Crippen LogP contribution in [0.2, 0.25) is 0 Å². The molecule has 1 amide bonds. The van der Waals surface area contributed by atoms with Gasteiger partial charge in [-0.1, -0.05) is 0 Å². The van der Waals surface area contributed by atoms with Crippen LogP contribution in [0.15, 0.2) is 0 Å². The third-order valence-electron chi connectivity index (χ3n) is 1.65. The molecular weight excluding hydrogens is 194 g/mol. The van der Waals surface area contributed by atoms with Gasteiger partial charge in [-0.15, -0.1) is 0 Å². The Labute approximate surface area is 76.8 Å². The molecule has 0 aromatic heterocycles. The van der Waals surface area contributed by atoms with Crippen molar-refractivity contribution in [3.63, 3.8) is 0 Å². The second-order valence-electron chi connectivity index (χ2n) is 2.77. The van der Waals surface area contributed by atoms with Crippen molar-refractivity contribution in [2.24, 2.45) is 0 Å². The molecule has 6 nitrogen and oxygen atoms in total. The molecule has 0 spiro atoms. The van der Waals surface area contributed by atoms with Crippen molar-refractivity contribution in [2.45, 2.75) is 24.8 Å². The van der Waals surface area contributed by atoms with E-state index < -0.39 is 27.7 Å². The highest BCUT2D eigenvalue weighted by atomic mass is 28.2. The minimum absolute atomic E-state index is 0.173. The summed E-state index contributed by atoms with van der Waals surface area (Å²) in [5, 5.41) is 19.3. The van der Waals surface area contributed by atoms with Crippen molar-refractivity contribution in [1.29, 1.82) is 0 Å². The molecule has 1 rings (SSSR count). The Balaban J connectivity index is 2.27. The van der Waals surface area contributed by atoms with Crippen molar-refractivity contribution >= 4 is 21.6 Å². The number of nitrogens with one attached hydrogen (secondary N) is 1. The fraction of sp³-hybridized carbons (Fsp3) is 0.667. The summed E-state index contributed by atoms with van der Waals surface area (Å²) < 4.78 is 4.62. The molecule has 0 unspecified atom stereocenters. The van der Waals surface area contributed by atoms with Gasteiger partial charge in [0.05, 0.1) is 0 Å². The molecule has 1 aliphatic rings. The molecule has 1 saturated heterocycles. The van der Waals surface area contributed by atoms with Gasteiger partial charge in [0.1, 0.15) is 6.04 Å². The number of hydrogen-bond acceptors (Lipinski definition) is 5. The lowest BCUT2D eigenvalue weighted by Gasteiger charge is -2.10. The molecule has 1 aliphatic heterocycles. The summed E-state index contributed by atoms with van der Waals surface area (Å²) in [5.74, 6) is -2.26. The zero-order valence-corrected chi connectivity index (χ0v) is 8.31. The van der Waals surface area contributed by atoms with Crippen LogP contribution < -0.4 is 5.32 Å². The molecule has 1 fully saturated rings. The summed E-state index contributed by atoms with van der Waals surface area (Å²) in [4.78, 5) is 21.8. The average Bonchev–Trinajstić information content (AvgIpc) is 2.47. The average molecular weight is 205 g/mol. The van der Waals surface area contributed by atoms with Gasteiger partial charge in [0.15, 0.2) is 5.91 Å². The molecule has 0 saturated carbocycles. The van der Waals surface area contributed by atoms with Gasteiger partial charge in [0, 0.05) is 6.42 Å². The molecule has 0 aliphatic carbocycles. The van der Waals surface area contributed by atoms with E-state index in [1.165, 1.54) is 0 Å². The van der Waals surface area contributed by atoms with Crippen LogP contribution in [0.3, 0.4) is 0 Å². The summed E-state index contributed by atoms with van der Waals surface area (Å²) in [6.07, 6.45) is 0.747. The van der Waals surface area contributed by atoms with Gasteiger partial charge >= 0.3 is 5.97 Å². The second kappa shape index (κ2) is 4.35. The van der Waals surface area contributed by atoms with Gasteiger partial charge in [-0.2, -0.15) is 0 Å². The Morgan fingerprint density at radius 3 is 2.85 bits per heavy atom. The third-order valence-corrected chi connectivity index (χ3v) is 2.40. The smallest absolute Gasteiger partial charge is 0.315 e. The van der Waals surface area contributed by atoms with Crippen molar-refractivity contribution in [3.05, 3.63) is 0 Å². The zero-order valence-electron chi connectivity index (χ0n) is 6.90. The Kier molecular flexibility index (Phi) is 3.40. The largest absolute Gasteiger partial charge is 0.518 e. The van der Waals surface area contributed by atoms with Crippen LogP contribution in [0.25, 0.3) is 0 Å². The molecule has 1 atom stereocenters. The monoisotopic (exact) mass is 205 g/mol. The Bertz CT molecular complexity index is 219. The normalized spacial score (nSPS) is 22.7. The first kappa shape index (κ1) is 10.2. The number of aliphatic hydroxyl groups excluding tert-OH is 1. The van der Waals surface area contributed by atoms with Gasteiger partial charge in [-0.25, -0.2) is 0 Å². The minimum Gasteiger partial charge on any atom is -0.518 e. The van der Waals surface area contributed by atoms with Crippen molar-refractivity contribution in [1.82, 2.24) is 5.32 Å². The molecule has 0 aromatic rings. The second-order valence-corrected chi connectivity index (χ2v) is 4.12. The van der Waals surface area contributed by atoms with E-state index in [0.29, 0.717) is 12.8 Å². The number of carbonyl (C=O) groups excluding carboxylic acids is 2. The van der Waals surface area contributed by atoms with Gasteiger partial charge in [0.2, 0.25) is 5.91 Å². The first-order chi connectivity index (χ1) is 6.09. The van der Waals surface area contributed by atoms with E-state index in [9.17, 15) is 9.59 Å². The minimum atomic E-state index is -1.64. The highest BCUT2D eigenvalue weighted by Gasteiger charge is 2.28. The lowest BCUT2D eigenvalue weighted by molar-refractivity contribution is -0.138. The number of amides is 1. The summed E-state index contributed by atoms with van der Waals surface area (Å²) in [6, 6.07) is -0.598. The maximum Gasteiger partial charge on any atom is 0.315 e. The first-order valence-electron chi connectivity index (χ1n) is 3.91.